The fourth-order valence-corrected chi connectivity index (χ4v) is 4.04. The molecule has 1 aliphatic rings. The van der Waals surface area contributed by atoms with E-state index in [1.54, 1.807) is 22.7 Å². The first-order chi connectivity index (χ1) is 10.2. The van der Waals surface area contributed by atoms with Crippen LogP contribution in [0, 0.1) is 12.8 Å². The van der Waals surface area contributed by atoms with Crippen molar-refractivity contribution in [2.24, 2.45) is 5.92 Å². The summed E-state index contributed by atoms with van der Waals surface area (Å²) in [7, 11) is 0. The highest BCUT2D eigenvalue weighted by Crippen LogP contribution is 2.20. The lowest BCUT2D eigenvalue weighted by molar-refractivity contribution is 0.0721. The molecule has 0 aromatic carbocycles. The van der Waals surface area contributed by atoms with E-state index in [9.17, 15) is 4.79 Å². The van der Waals surface area contributed by atoms with Crippen LogP contribution in [0.3, 0.4) is 0 Å². The molecule has 1 atom stereocenters. The molecule has 1 fully saturated rings. The molecule has 3 heterocycles. The number of nitrogens with zero attached hydrogens (tertiary/aromatic N) is 2. The van der Waals surface area contributed by atoms with Crippen molar-refractivity contribution < 1.29 is 4.79 Å². The van der Waals surface area contributed by atoms with E-state index in [0.29, 0.717) is 12.5 Å². The minimum absolute atomic E-state index is 0.135. The number of hydrogen-bond acceptors (Lipinski definition) is 5. The van der Waals surface area contributed by atoms with E-state index in [1.165, 1.54) is 4.88 Å². The van der Waals surface area contributed by atoms with Crippen LogP contribution in [-0.4, -0.2) is 35.4 Å². The molecule has 1 unspecified atom stereocenters. The first-order valence-corrected chi connectivity index (χ1v) is 8.97. The standard InChI is InChI=1S/C15H19N3OS2/c1-11-14(21-10-17-11)8-18(7-12-2-4-16-6-12)15(19)13-3-5-20-9-13/h3,5,9-10,12,16H,2,4,6-8H2,1H3. The van der Waals surface area contributed by atoms with E-state index >= 15 is 0 Å². The molecule has 2 aromatic heterocycles. The highest BCUT2D eigenvalue weighted by molar-refractivity contribution is 7.09. The SMILES string of the molecule is Cc1ncsc1CN(CC1CCNC1)C(=O)c1ccsc1. The molecular weight excluding hydrogens is 302 g/mol. The van der Waals surface area contributed by atoms with Crippen molar-refractivity contribution in [1.82, 2.24) is 15.2 Å². The normalized spacial score (nSPS) is 18.0. The van der Waals surface area contributed by atoms with E-state index in [0.717, 1.165) is 37.3 Å². The number of carbonyl (C=O) groups excluding carboxylic acids is 1. The lowest BCUT2D eigenvalue weighted by Gasteiger charge is -2.25. The maximum absolute atomic E-state index is 12.7. The monoisotopic (exact) mass is 321 g/mol. The molecule has 0 aliphatic carbocycles. The summed E-state index contributed by atoms with van der Waals surface area (Å²) in [5.41, 5.74) is 3.69. The number of thiazole rings is 1. The first-order valence-electron chi connectivity index (χ1n) is 7.15. The summed E-state index contributed by atoms with van der Waals surface area (Å²) < 4.78 is 0. The van der Waals surface area contributed by atoms with Gasteiger partial charge in [-0.1, -0.05) is 0 Å². The zero-order valence-electron chi connectivity index (χ0n) is 12.0. The summed E-state index contributed by atoms with van der Waals surface area (Å²) in [6.45, 7) is 5.57. The minimum atomic E-state index is 0.135. The van der Waals surface area contributed by atoms with Crippen molar-refractivity contribution >= 4 is 28.6 Å². The van der Waals surface area contributed by atoms with E-state index in [-0.39, 0.29) is 5.91 Å². The quantitative estimate of drug-likeness (QED) is 0.921. The molecule has 0 radical (unpaired) electrons. The molecule has 112 valence electrons. The average Bonchev–Trinajstić information content (AvgIpc) is 3.20. The highest BCUT2D eigenvalue weighted by atomic mass is 32.1. The van der Waals surface area contributed by atoms with Crippen LogP contribution in [0.2, 0.25) is 0 Å². The van der Waals surface area contributed by atoms with Gasteiger partial charge in [-0.25, -0.2) is 4.98 Å². The van der Waals surface area contributed by atoms with Gasteiger partial charge in [-0.05, 0) is 43.8 Å². The van der Waals surface area contributed by atoms with Crippen LogP contribution in [0.5, 0.6) is 0 Å². The van der Waals surface area contributed by atoms with Crippen LogP contribution >= 0.6 is 22.7 Å². The van der Waals surface area contributed by atoms with Crippen molar-refractivity contribution in [3.8, 4) is 0 Å². The minimum Gasteiger partial charge on any atom is -0.333 e. The van der Waals surface area contributed by atoms with Gasteiger partial charge in [0.15, 0.2) is 0 Å². The molecule has 3 rings (SSSR count). The summed E-state index contributed by atoms with van der Waals surface area (Å²) in [5.74, 6) is 0.691. The van der Waals surface area contributed by atoms with Crippen LogP contribution in [0.15, 0.2) is 22.3 Å². The van der Waals surface area contributed by atoms with Gasteiger partial charge in [-0.3, -0.25) is 4.79 Å². The molecule has 1 saturated heterocycles. The summed E-state index contributed by atoms with van der Waals surface area (Å²) in [5, 5.41) is 7.27. The molecular formula is C15H19N3OS2. The third kappa shape index (κ3) is 3.51. The van der Waals surface area contributed by atoms with Crippen molar-refractivity contribution in [1.29, 1.82) is 0 Å². The van der Waals surface area contributed by atoms with E-state index in [2.05, 4.69) is 10.3 Å². The Morgan fingerprint density at radius 1 is 1.57 bits per heavy atom. The van der Waals surface area contributed by atoms with Gasteiger partial charge in [0.2, 0.25) is 0 Å². The number of aromatic nitrogens is 1. The fourth-order valence-electron chi connectivity index (χ4n) is 2.62. The second-order valence-electron chi connectivity index (χ2n) is 5.42. The third-order valence-electron chi connectivity index (χ3n) is 3.88. The third-order valence-corrected chi connectivity index (χ3v) is 5.48. The zero-order valence-corrected chi connectivity index (χ0v) is 13.7. The topological polar surface area (TPSA) is 45.2 Å². The predicted molar refractivity (Wildman–Crippen MR) is 86.9 cm³/mol. The molecule has 21 heavy (non-hydrogen) atoms. The van der Waals surface area contributed by atoms with Crippen molar-refractivity contribution in [3.05, 3.63) is 38.5 Å². The Morgan fingerprint density at radius 3 is 3.10 bits per heavy atom. The number of thiophene rings is 1. The Kier molecular flexibility index (Phi) is 4.67. The lowest BCUT2D eigenvalue weighted by Crippen LogP contribution is -2.35. The van der Waals surface area contributed by atoms with Crippen molar-refractivity contribution in [2.45, 2.75) is 19.9 Å². The molecule has 1 aliphatic heterocycles. The van der Waals surface area contributed by atoms with Gasteiger partial charge in [0.05, 0.1) is 23.3 Å². The lowest BCUT2D eigenvalue weighted by atomic mass is 10.1. The number of carbonyl (C=O) groups is 1. The van der Waals surface area contributed by atoms with Crippen molar-refractivity contribution in [2.75, 3.05) is 19.6 Å². The maximum atomic E-state index is 12.7. The van der Waals surface area contributed by atoms with E-state index in [4.69, 9.17) is 0 Å². The van der Waals surface area contributed by atoms with Crippen molar-refractivity contribution in [3.63, 3.8) is 0 Å². The maximum Gasteiger partial charge on any atom is 0.255 e. The zero-order chi connectivity index (χ0) is 14.7. The van der Waals surface area contributed by atoms with Gasteiger partial charge in [0.25, 0.3) is 5.91 Å². The second-order valence-corrected chi connectivity index (χ2v) is 7.14. The number of hydrogen-bond donors (Lipinski definition) is 1. The molecule has 2 aromatic rings. The van der Waals surface area contributed by atoms with Crippen LogP contribution < -0.4 is 5.32 Å². The highest BCUT2D eigenvalue weighted by Gasteiger charge is 2.24. The molecule has 6 heteroatoms. The smallest absolute Gasteiger partial charge is 0.255 e. The Bertz CT molecular complexity index is 588. The molecule has 1 amide bonds. The van der Waals surface area contributed by atoms with Gasteiger partial charge in [-0.2, -0.15) is 11.3 Å². The van der Waals surface area contributed by atoms with Crippen LogP contribution in [-0.2, 0) is 6.54 Å². The fraction of sp³-hybridized carbons (Fsp3) is 0.467. The number of rotatable bonds is 5. The Hall–Kier alpha value is -1.24. The van der Waals surface area contributed by atoms with E-state index in [1.807, 2.05) is 34.2 Å². The van der Waals surface area contributed by atoms with Gasteiger partial charge >= 0.3 is 0 Å². The van der Waals surface area contributed by atoms with Gasteiger partial charge in [0, 0.05) is 16.8 Å². The van der Waals surface area contributed by atoms with Gasteiger partial charge in [-0.15, -0.1) is 11.3 Å². The molecule has 0 saturated carbocycles. The Balaban J connectivity index is 1.76. The first kappa shape index (κ1) is 14.7. The summed E-state index contributed by atoms with van der Waals surface area (Å²) in [4.78, 5) is 20.2. The Labute approximate surface area is 132 Å². The summed E-state index contributed by atoms with van der Waals surface area (Å²) in [6.07, 6.45) is 1.15. The van der Waals surface area contributed by atoms with Gasteiger partial charge < -0.3 is 10.2 Å². The average molecular weight is 321 g/mol. The van der Waals surface area contributed by atoms with Gasteiger partial charge in [0.1, 0.15) is 0 Å². The number of aryl methyl sites for hydroxylation is 1. The summed E-state index contributed by atoms with van der Waals surface area (Å²) in [6, 6.07) is 1.91. The predicted octanol–water partition coefficient (Wildman–Crippen LogP) is 2.76. The van der Waals surface area contributed by atoms with E-state index < -0.39 is 0 Å². The second kappa shape index (κ2) is 6.68. The molecule has 4 nitrogen and oxygen atoms in total. The Morgan fingerprint density at radius 2 is 2.48 bits per heavy atom. The van der Waals surface area contributed by atoms with Crippen LogP contribution in [0.1, 0.15) is 27.3 Å². The summed E-state index contributed by atoms with van der Waals surface area (Å²) >= 11 is 3.20. The molecule has 0 spiro atoms. The van der Waals surface area contributed by atoms with Crippen LogP contribution in [0.4, 0.5) is 0 Å². The number of nitrogens with one attached hydrogen (secondary N) is 1. The molecule has 0 bridgehead atoms. The number of amides is 1. The molecule has 1 N–H and O–H groups in total. The largest absolute Gasteiger partial charge is 0.333 e. The van der Waals surface area contributed by atoms with Crippen LogP contribution in [0.25, 0.3) is 0 Å².